The van der Waals surface area contributed by atoms with Gasteiger partial charge in [-0.1, -0.05) is 0 Å². The maximum atomic E-state index is 12.7. The Morgan fingerprint density at radius 3 is 0.971 bits per heavy atom. The summed E-state index contributed by atoms with van der Waals surface area (Å²) in [4.78, 5) is 55.3. The summed E-state index contributed by atoms with van der Waals surface area (Å²) < 4.78 is 20.9. The van der Waals surface area contributed by atoms with Gasteiger partial charge < -0.3 is 18.9 Å². The van der Waals surface area contributed by atoms with Crippen molar-refractivity contribution in [1.82, 2.24) is 9.80 Å². The molecule has 0 bridgehead atoms. The highest BCUT2D eigenvalue weighted by Gasteiger charge is 2.64. The van der Waals surface area contributed by atoms with Crippen molar-refractivity contribution in [3.05, 3.63) is 0 Å². The fourth-order valence-electron chi connectivity index (χ4n) is 5.40. The van der Waals surface area contributed by atoms with Crippen molar-refractivity contribution in [2.24, 2.45) is 11.8 Å². The molecular formula is C24H38N2O8. The monoisotopic (exact) mass is 482 g/mol. The van der Waals surface area contributed by atoms with E-state index in [1.807, 2.05) is 0 Å². The molecule has 0 N–H and O–H groups in total. The lowest BCUT2D eigenvalue weighted by Gasteiger charge is -2.45. The second-order valence-electron chi connectivity index (χ2n) is 9.06. The average Bonchev–Trinajstić information content (AvgIpc) is 3.72. The largest absolute Gasteiger partial charge is 0.465 e. The topological polar surface area (TPSA) is 112 Å². The van der Waals surface area contributed by atoms with Crippen LogP contribution >= 0.6 is 0 Å². The first kappa shape index (κ1) is 26.4. The third-order valence-electron chi connectivity index (χ3n) is 7.23. The van der Waals surface area contributed by atoms with Crippen LogP contribution in [0.15, 0.2) is 0 Å². The predicted octanol–water partition coefficient (Wildman–Crippen LogP) is 1.15. The SMILES string of the molecule is CCOC(=O)C(C(=O)OCC)C1(N2CCN(C3(C(C(=O)OCC)C(=O)OCC)CC3)CC2)CC1. The van der Waals surface area contributed by atoms with Gasteiger partial charge in [-0.05, 0) is 53.4 Å². The molecule has 0 aromatic heterocycles. The van der Waals surface area contributed by atoms with Crippen molar-refractivity contribution in [3.8, 4) is 0 Å². The molecule has 0 aromatic rings. The molecule has 1 heterocycles. The highest BCUT2D eigenvalue weighted by Crippen LogP contribution is 2.52. The van der Waals surface area contributed by atoms with Gasteiger partial charge in [0.15, 0.2) is 11.8 Å². The summed E-state index contributed by atoms with van der Waals surface area (Å²) in [5, 5.41) is 0. The van der Waals surface area contributed by atoms with Gasteiger partial charge in [-0.3, -0.25) is 29.0 Å². The number of esters is 4. The molecule has 0 spiro atoms. The summed E-state index contributed by atoms with van der Waals surface area (Å²) in [6, 6.07) is 0. The normalized spacial score (nSPS) is 21.1. The number of ether oxygens (including phenoxy) is 4. The van der Waals surface area contributed by atoms with Crippen LogP contribution in [0.3, 0.4) is 0 Å². The number of carbonyl (C=O) groups is 4. The number of hydrogen-bond donors (Lipinski definition) is 0. The Morgan fingerprint density at radius 2 is 0.794 bits per heavy atom. The van der Waals surface area contributed by atoms with Crippen molar-refractivity contribution in [2.45, 2.75) is 64.5 Å². The first-order chi connectivity index (χ1) is 16.3. The zero-order valence-electron chi connectivity index (χ0n) is 20.8. The lowest BCUT2D eigenvalue weighted by atomic mass is 9.92. The molecule has 1 saturated heterocycles. The molecule has 1 aliphatic heterocycles. The van der Waals surface area contributed by atoms with Crippen LogP contribution in [0, 0.1) is 11.8 Å². The van der Waals surface area contributed by atoms with Gasteiger partial charge in [0.2, 0.25) is 0 Å². The Kier molecular flexibility index (Phi) is 8.57. The van der Waals surface area contributed by atoms with E-state index in [1.165, 1.54) is 0 Å². The summed E-state index contributed by atoms with van der Waals surface area (Å²) in [5.74, 6) is -4.09. The van der Waals surface area contributed by atoms with E-state index in [9.17, 15) is 19.2 Å². The highest BCUT2D eigenvalue weighted by molar-refractivity contribution is 5.98. The third kappa shape index (κ3) is 5.07. The number of piperazine rings is 1. The van der Waals surface area contributed by atoms with Crippen molar-refractivity contribution < 1.29 is 38.1 Å². The minimum Gasteiger partial charge on any atom is -0.465 e. The minimum atomic E-state index is -0.972. The molecule has 3 fully saturated rings. The maximum Gasteiger partial charge on any atom is 0.322 e. The van der Waals surface area contributed by atoms with Crippen LogP contribution in [0.25, 0.3) is 0 Å². The Hall–Kier alpha value is -2.20. The van der Waals surface area contributed by atoms with Crippen LogP contribution in [-0.4, -0.2) is 97.4 Å². The smallest absolute Gasteiger partial charge is 0.322 e. The van der Waals surface area contributed by atoms with E-state index in [0.29, 0.717) is 51.9 Å². The number of carbonyl (C=O) groups excluding carboxylic acids is 4. The second kappa shape index (κ2) is 11.0. The van der Waals surface area contributed by atoms with Crippen molar-refractivity contribution in [2.75, 3.05) is 52.6 Å². The van der Waals surface area contributed by atoms with Gasteiger partial charge in [-0.25, -0.2) is 0 Å². The van der Waals surface area contributed by atoms with E-state index in [4.69, 9.17) is 18.9 Å². The molecule has 34 heavy (non-hydrogen) atoms. The predicted molar refractivity (Wildman–Crippen MR) is 121 cm³/mol. The second-order valence-corrected chi connectivity index (χ2v) is 9.06. The van der Waals surface area contributed by atoms with Crippen LogP contribution in [0.4, 0.5) is 0 Å². The van der Waals surface area contributed by atoms with E-state index in [0.717, 1.165) is 0 Å². The fourth-order valence-corrected chi connectivity index (χ4v) is 5.40. The number of hydrogen-bond acceptors (Lipinski definition) is 10. The number of rotatable bonds is 12. The quantitative estimate of drug-likeness (QED) is 0.228. The summed E-state index contributed by atoms with van der Waals surface area (Å²) in [5.41, 5.74) is -1.19. The van der Waals surface area contributed by atoms with Gasteiger partial charge in [-0.2, -0.15) is 0 Å². The molecule has 0 amide bonds. The van der Waals surface area contributed by atoms with Crippen molar-refractivity contribution >= 4 is 23.9 Å². The fraction of sp³-hybridized carbons (Fsp3) is 0.833. The maximum absolute atomic E-state index is 12.7. The Balaban J connectivity index is 1.73. The lowest BCUT2D eigenvalue weighted by Crippen LogP contribution is -2.61. The van der Waals surface area contributed by atoms with E-state index in [2.05, 4.69) is 9.80 Å². The standard InChI is InChI=1S/C24H38N2O8/c1-5-31-19(27)17(20(28)32-6-2)23(9-10-23)25-13-15-26(16-14-25)24(11-12-24)18(21(29)33-7-3)22(30)34-8-4/h17-18H,5-16H2,1-4H3. The molecule has 0 aromatic carbocycles. The Morgan fingerprint density at radius 1 is 0.559 bits per heavy atom. The molecule has 3 rings (SSSR count). The Bertz CT molecular complexity index is 669. The molecule has 2 saturated carbocycles. The average molecular weight is 483 g/mol. The zero-order chi connectivity index (χ0) is 24.9. The van der Waals surface area contributed by atoms with E-state index in [1.54, 1.807) is 27.7 Å². The minimum absolute atomic E-state index is 0.199. The van der Waals surface area contributed by atoms with Crippen molar-refractivity contribution in [1.29, 1.82) is 0 Å². The molecular weight excluding hydrogens is 444 g/mol. The Labute approximate surface area is 201 Å². The van der Waals surface area contributed by atoms with Crippen molar-refractivity contribution in [3.63, 3.8) is 0 Å². The molecule has 0 radical (unpaired) electrons. The van der Waals surface area contributed by atoms with Gasteiger partial charge in [0.25, 0.3) is 0 Å². The molecule has 0 unspecified atom stereocenters. The van der Waals surface area contributed by atoms with Crippen LogP contribution in [0.5, 0.6) is 0 Å². The van der Waals surface area contributed by atoms with Gasteiger partial charge in [0, 0.05) is 37.3 Å². The van der Waals surface area contributed by atoms with Gasteiger partial charge in [0.05, 0.1) is 26.4 Å². The van der Waals surface area contributed by atoms with Gasteiger partial charge in [0.1, 0.15) is 0 Å². The van der Waals surface area contributed by atoms with E-state index < -0.39 is 46.8 Å². The molecule has 2 aliphatic carbocycles. The van der Waals surface area contributed by atoms with Crippen LogP contribution in [0.1, 0.15) is 53.4 Å². The first-order valence-corrected chi connectivity index (χ1v) is 12.5. The highest BCUT2D eigenvalue weighted by atomic mass is 16.6. The number of nitrogens with zero attached hydrogens (tertiary/aromatic N) is 2. The van der Waals surface area contributed by atoms with E-state index >= 15 is 0 Å². The summed E-state index contributed by atoms with van der Waals surface area (Å²) in [7, 11) is 0. The summed E-state index contributed by atoms with van der Waals surface area (Å²) in [6.45, 7) is 10.1. The van der Waals surface area contributed by atoms with Crippen LogP contribution < -0.4 is 0 Å². The summed E-state index contributed by atoms with van der Waals surface area (Å²) in [6.07, 6.45) is 2.87. The molecule has 192 valence electrons. The van der Waals surface area contributed by atoms with Crippen LogP contribution in [0.2, 0.25) is 0 Å². The van der Waals surface area contributed by atoms with Crippen LogP contribution in [-0.2, 0) is 38.1 Å². The molecule has 10 nitrogen and oxygen atoms in total. The molecule has 10 heteroatoms. The molecule has 3 aliphatic rings. The van der Waals surface area contributed by atoms with Gasteiger partial charge in [-0.15, -0.1) is 0 Å². The molecule has 0 atom stereocenters. The zero-order valence-corrected chi connectivity index (χ0v) is 20.8. The first-order valence-electron chi connectivity index (χ1n) is 12.5. The third-order valence-corrected chi connectivity index (χ3v) is 7.23. The van der Waals surface area contributed by atoms with Gasteiger partial charge >= 0.3 is 23.9 Å². The summed E-state index contributed by atoms with van der Waals surface area (Å²) >= 11 is 0. The van der Waals surface area contributed by atoms with E-state index in [-0.39, 0.29) is 26.4 Å². The lowest BCUT2D eigenvalue weighted by molar-refractivity contribution is -0.170.